The summed E-state index contributed by atoms with van der Waals surface area (Å²) in [6.07, 6.45) is 8.38. The zero-order chi connectivity index (χ0) is 15.6. The van der Waals surface area contributed by atoms with Gasteiger partial charge in [0.2, 0.25) is 0 Å². The molecule has 0 aliphatic heterocycles. The molecule has 1 aliphatic rings. The Hall–Kier alpha value is -2.47. The van der Waals surface area contributed by atoms with Crippen LogP contribution in [0.3, 0.4) is 0 Å². The van der Waals surface area contributed by atoms with Crippen molar-refractivity contribution in [1.29, 1.82) is 0 Å². The van der Waals surface area contributed by atoms with Gasteiger partial charge in [-0.25, -0.2) is 14.6 Å². The van der Waals surface area contributed by atoms with Gasteiger partial charge in [0.05, 0.1) is 29.3 Å². The van der Waals surface area contributed by atoms with Gasteiger partial charge in [-0.15, -0.1) is 5.10 Å². The van der Waals surface area contributed by atoms with Crippen LogP contribution in [0, 0.1) is 0 Å². The summed E-state index contributed by atoms with van der Waals surface area (Å²) in [4.78, 5) is 7.95. The second-order valence-corrected chi connectivity index (χ2v) is 5.87. The smallest absolute Gasteiger partial charge is 0.316 e. The highest BCUT2D eigenvalue weighted by atomic mass is 35.5. The minimum atomic E-state index is 0.257. The van der Waals surface area contributed by atoms with Crippen LogP contribution >= 0.6 is 11.6 Å². The number of ether oxygens (including phenoxy) is 1. The summed E-state index contributed by atoms with van der Waals surface area (Å²) in [5, 5.41) is 8.76. The number of rotatable bonds is 4. The highest BCUT2D eigenvalue weighted by Gasteiger charge is 2.12. The number of aryl methyl sites for hydroxylation is 2. The van der Waals surface area contributed by atoms with E-state index in [2.05, 4.69) is 38.5 Å². The average molecular weight is 328 g/mol. The third-order valence-corrected chi connectivity index (χ3v) is 4.03. The van der Waals surface area contributed by atoms with Gasteiger partial charge in [-0.05, 0) is 42.5 Å². The Kier molecular flexibility index (Phi) is 3.67. The third kappa shape index (κ3) is 3.03. The summed E-state index contributed by atoms with van der Waals surface area (Å²) in [6.45, 7) is 0.257. The maximum absolute atomic E-state index is 5.73. The van der Waals surface area contributed by atoms with E-state index < -0.39 is 0 Å². The van der Waals surface area contributed by atoms with Crippen LogP contribution in [-0.4, -0.2) is 25.0 Å². The summed E-state index contributed by atoms with van der Waals surface area (Å²) in [5.41, 5.74) is 4.58. The Bertz CT molecular complexity index is 831. The Morgan fingerprint density at radius 1 is 1.13 bits per heavy atom. The lowest BCUT2D eigenvalue weighted by atomic mass is 10.1. The number of halogens is 1. The van der Waals surface area contributed by atoms with Gasteiger partial charge in [0.1, 0.15) is 12.3 Å². The quantitative estimate of drug-likeness (QED) is 0.737. The van der Waals surface area contributed by atoms with Crippen molar-refractivity contribution in [1.82, 2.24) is 25.0 Å². The molecule has 0 fully saturated rings. The van der Waals surface area contributed by atoms with Gasteiger partial charge < -0.3 is 4.74 Å². The third-order valence-electron chi connectivity index (χ3n) is 3.83. The summed E-state index contributed by atoms with van der Waals surface area (Å²) in [7, 11) is 0. The van der Waals surface area contributed by atoms with Crippen molar-refractivity contribution in [2.24, 2.45) is 0 Å². The van der Waals surface area contributed by atoms with Crippen LogP contribution < -0.4 is 4.74 Å². The van der Waals surface area contributed by atoms with Crippen LogP contribution in [-0.2, 0) is 19.4 Å². The summed E-state index contributed by atoms with van der Waals surface area (Å²) in [5.74, 6) is 0. The fourth-order valence-electron chi connectivity index (χ4n) is 2.70. The fraction of sp³-hybridized carbons (Fsp3) is 0.250. The Balaban J connectivity index is 1.47. The van der Waals surface area contributed by atoms with Gasteiger partial charge in [0.15, 0.2) is 0 Å². The molecule has 6 nitrogen and oxygen atoms in total. The van der Waals surface area contributed by atoms with E-state index in [1.165, 1.54) is 36.4 Å². The molecule has 0 atom stereocenters. The molecule has 7 heteroatoms. The summed E-state index contributed by atoms with van der Waals surface area (Å²) >= 11 is 5.73. The van der Waals surface area contributed by atoms with Gasteiger partial charge in [-0.1, -0.05) is 22.9 Å². The number of benzene rings is 1. The van der Waals surface area contributed by atoms with E-state index in [4.69, 9.17) is 16.3 Å². The van der Waals surface area contributed by atoms with Crippen LogP contribution in [0.2, 0.25) is 5.02 Å². The van der Waals surface area contributed by atoms with E-state index in [0.717, 1.165) is 12.1 Å². The van der Waals surface area contributed by atoms with Crippen molar-refractivity contribution in [2.45, 2.75) is 25.9 Å². The van der Waals surface area contributed by atoms with E-state index in [1.807, 2.05) is 6.20 Å². The normalized spacial score (nSPS) is 13.1. The fourth-order valence-corrected chi connectivity index (χ4v) is 2.80. The number of nitrogens with zero attached hydrogens (tertiary/aromatic N) is 5. The van der Waals surface area contributed by atoms with Gasteiger partial charge in [0.25, 0.3) is 0 Å². The molecule has 3 aromatic rings. The first-order valence-electron chi connectivity index (χ1n) is 7.42. The zero-order valence-corrected chi connectivity index (χ0v) is 13.1. The van der Waals surface area contributed by atoms with Crippen LogP contribution in [0.1, 0.15) is 23.2 Å². The first kappa shape index (κ1) is 14.1. The minimum absolute atomic E-state index is 0.257. The second-order valence-electron chi connectivity index (χ2n) is 5.43. The van der Waals surface area contributed by atoms with Crippen molar-refractivity contribution < 1.29 is 4.74 Å². The molecular formula is C16H14ClN5O. The van der Waals surface area contributed by atoms with E-state index in [0.29, 0.717) is 10.7 Å². The predicted octanol–water partition coefficient (Wildman–Crippen LogP) is 2.78. The zero-order valence-electron chi connectivity index (χ0n) is 12.3. The molecule has 0 spiro atoms. The van der Waals surface area contributed by atoms with Crippen LogP contribution in [0.4, 0.5) is 0 Å². The molecule has 0 unspecified atom stereocenters. The molecule has 0 N–H and O–H groups in total. The van der Waals surface area contributed by atoms with E-state index in [1.54, 1.807) is 4.68 Å². The number of fused-ring (bicyclic) bond motifs is 1. The van der Waals surface area contributed by atoms with E-state index in [-0.39, 0.29) is 12.6 Å². The molecule has 23 heavy (non-hydrogen) atoms. The molecule has 0 amide bonds. The summed E-state index contributed by atoms with van der Waals surface area (Å²) in [6, 6.07) is 6.70. The molecule has 1 aliphatic carbocycles. The van der Waals surface area contributed by atoms with Crippen LogP contribution in [0.15, 0.2) is 36.8 Å². The SMILES string of the molecule is Clc1cnc(OCc2cn(-c3ccc4c(c3)CCC4)nn2)nc1. The van der Waals surface area contributed by atoms with Crippen LogP contribution in [0.25, 0.3) is 5.69 Å². The number of hydrogen-bond acceptors (Lipinski definition) is 5. The molecule has 1 aromatic carbocycles. The Morgan fingerprint density at radius 2 is 1.96 bits per heavy atom. The van der Waals surface area contributed by atoms with E-state index >= 15 is 0 Å². The highest BCUT2D eigenvalue weighted by Crippen LogP contribution is 2.24. The van der Waals surface area contributed by atoms with E-state index in [9.17, 15) is 0 Å². The molecule has 0 radical (unpaired) electrons. The largest absolute Gasteiger partial charge is 0.457 e. The molecular weight excluding hydrogens is 314 g/mol. The van der Waals surface area contributed by atoms with Gasteiger partial charge in [-0.3, -0.25) is 0 Å². The standard InChI is InChI=1S/C16H14ClN5O/c17-13-7-18-16(19-8-13)23-10-14-9-22(21-20-14)15-5-4-11-2-1-3-12(11)6-15/h4-9H,1-3,10H2. The van der Waals surface area contributed by atoms with Crippen molar-refractivity contribution in [2.75, 3.05) is 0 Å². The van der Waals surface area contributed by atoms with Gasteiger partial charge in [0, 0.05) is 0 Å². The first-order chi connectivity index (χ1) is 11.3. The average Bonchev–Trinajstić information content (AvgIpc) is 3.22. The predicted molar refractivity (Wildman–Crippen MR) is 84.8 cm³/mol. The summed E-state index contributed by atoms with van der Waals surface area (Å²) < 4.78 is 7.24. The maximum Gasteiger partial charge on any atom is 0.316 e. The van der Waals surface area contributed by atoms with Crippen molar-refractivity contribution in [3.63, 3.8) is 0 Å². The van der Waals surface area contributed by atoms with Crippen molar-refractivity contribution >= 4 is 11.6 Å². The first-order valence-corrected chi connectivity index (χ1v) is 7.79. The van der Waals surface area contributed by atoms with Crippen molar-refractivity contribution in [3.8, 4) is 11.7 Å². The lowest BCUT2D eigenvalue weighted by Gasteiger charge is -2.04. The lowest BCUT2D eigenvalue weighted by molar-refractivity contribution is 0.276. The number of hydrogen-bond donors (Lipinski definition) is 0. The molecule has 4 rings (SSSR count). The molecule has 0 saturated carbocycles. The monoisotopic (exact) mass is 327 g/mol. The highest BCUT2D eigenvalue weighted by molar-refractivity contribution is 6.30. The lowest BCUT2D eigenvalue weighted by Crippen LogP contribution is -1.99. The molecule has 2 aromatic heterocycles. The van der Waals surface area contributed by atoms with Crippen LogP contribution in [0.5, 0.6) is 6.01 Å². The van der Waals surface area contributed by atoms with Crippen molar-refractivity contribution in [3.05, 3.63) is 58.6 Å². The molecule has 0 bridgehead atoms. The maximum atomic E-state index is 5.73. The minimum Gasteiger partial charge on any atom is -0.457 e. The van der Waals surface area contributed by atoms with Gasteiger partial charge >= 0.3 is 6.01 Å². The molecule has 2 heterocycles. The molecule has 0 saturated heterocycles. The van der Waals surface area contributed by atoms with Gasteiger partial charge in [-0.2, -0.15) is 0 Å². The second kappa shape index (κ2) is 5.96. The Labute approximate surface area is 138 Å². The number of aromatic nitrogens is 5. The Morgan fingerprint density at radius 3 is 2.83 bits per heavy atom. The molecule has 116 valence electrons. The topological polar surface area (TPSA) is 65.7 Å².